The highest BCUT2D eigenvalue weighted by Crippen LogP contribution is 2.02. The Morgan fingerprint density at radius 2 is 2.31 bits per heavy atom. The van der Waals surface area contributed by atoms with Crippen molar-refractivity contribution < 1.29 is 9.53 Å². The van der Waals surface area contributed by atoms with Gasteiger partial charge in [0.15, 0.2) is 0 Å². The van der Waals surface area contributed by atoms with E-state index in [-0.39, 0.29) is 5.97 Å². The number of rotatable bonds is 6. The number of hydrogen-bond acceptors (Lipinski definition) is 4. The second-order valence-electron chi connectivity index (χ2n) is 3.61. The van der Waals surface area contributed by atoms with Crippen LogP contribution in [0, 0.1) is 0 Å². The molecule has 0 bridgehead atoms. The number of carbonyl (C=O) groups is 1. The van der Waals surface area contributed by atoms with E-state index in [1.807, 2.05) is 23.1 Å². The van der Waals surface area contributed by atoms with Crippen LogP contribution in [0.4, 0.5) is 0 Å². The predicted molar refractivity (Wildman–Crippen MR) is 61.8 cm³/mol. The molecular formula is C12H18N2O2. The summed E-state index contributed by atoms with van der Waals surface area (Å²) in [6.45, 7) is 3.96. The Morgan fingerprint density at radius 1 is 1.50 bits per heavy atom. The third kappa shape index (κ3) is 4.40. The number of methoxy groups -OCH3 is 1. The van der Waals surface area contributed by atoms with Gasteiger partial charge in [0.1, 0.15) is 0 Å². The van der Waals surface area contributed by atoms with E-state index >= 15 is 0 Å². The van der Waals surface area contributed by atoms with Crippen LogP contribution in [-0.2, 0) is 16.1 Å². The van der Waals surface area contributed by atoms with Crippen molar-refractivity contribution in [2.75, 3.05) is 20.2 Å². The SMILES string of the molecule is CCCN(CC(=O)OC)Cc1ccccn1. The molecule has 1 aromatic rings. The highest BCUT2D eigenvalue weighted by molar-refractivity contribution is 5.71. The molecule has 0 saturated heterocycles. The third-order valence-electron chi connectivity index (χ3n) is 2.23. The summed E-state index contributed by atoms with van der Waals surface area (Å²) in [5, 5.41) is 0. The van der Waals surface area contributed by atoms with Crippen molar-refractivity contribution in [3.05, 3.63) is 30.1 Å². The average Bonchev–Trinajstić information content (AvgIpc) is 2.30. The van der Waals surface area contributed by atoms with E-state index in [2.05, 4.69) is 16.6 Å². The van der Waals surface area contributed by atoms with Gasteiger partial charge in [0.05, 0.1) is 19.3 Å². The lowest BCUT2D eigenvalue weighted by Gasteiger charge is -2.19. The molecule has 0 saturated carbocycles. The van der Waals surface area contributed by atoms with E-state index in [9.17, 15) is 4.79 Å². The molecule has 0 aliphatic carbocycles. The highest BCUT2D eigenvalue weighted by Gasteiger charge is 2.10. The summed E-state index contributed by atoms with van der Waals surface area (Å²) in [6.07, 6.45) is 2.77. The van der Waals surface area contributed by atoms with Crippen LogP contribution < -0.4 is 0 Å². The first-order chi connectivity index (χ1) is 7.76. The molecule has 4 heteroatoms. The molecule has 0 fully saturated rings. The minimum atomic E-state index is -0.204. The number of pyridine rings is 1. The molecule has 0 N–H and O–H groups in total. The molecule has 4 nitrogen and oxygen atoms in total. The molecule has 0 unspecified atom stereocenters. The van der Waals surface area contributed by atoms with Crippen LogP contribution in [0.2, 0.25) is 0 Å². The molecular weight excluding hydrogens is 204 g/mol. The Labute approximate surface area is 96.2 Å². The molecule has 1 heterocycles. The summed E-state index contributed by atoms with van der Waals surface area (Å²) in [5.41, 5.74) is 0.972. The topological polar surface area (TPSA) is 42.4 Å². The van der Waals surface area contributed by atoms with Gasteiger partial charge in [-0.25, -0.2) is 0 Å². The standard InChI is InChI=1S/C12H18N2O2/c1-3-8-14(10-12(15)16-2)9-11-6-4-5-7-13-11/h4-7H,3,8-10H2,1-2H3. The van der Waals surface area contributed by atoms with Crippen LogP contribution in [0.3, 0.4) is 0 Å². The van der Waals surface area contributed by atoms with Gasteiger partial charge < -0.3 is 4.74 Å². The quantitative estimate of drug-likeness (QED) is 0.683. The molecule has 0 aromatic carbocycles. The Balaban J connectivity index is 2.54. The number of nitrogens with zero attached hydrogens (tertiary/aromatic N) is 2. The van der Waals surface area contributed by atoms with Crippen LogP contribution in [0.1, 0.15) is 19.0 Å². The van der Waals surface area contributed by atoms with E-state index in [1.54, 1.807) is 6.20 Å². The van der Waals surface area contributed by atoms with Gasteiger partial charge in [-0.15, -0.1) is 0 Å². The third-order valence-corrected chi connectivity index (χ3v) is 2.23. The van der Waals surface area contributed by atoms with Crippen LogP contribution in [0.25, 0.3) is 0 Å². The van der Waals surface area contributed by atoms with E-state index in [0.717, 1.165) is 18.7 Å². The number of aromatic nitrogens is 1. The van der Waals surface area contributed by atoms with Crippen LogP contribution >= 0.6 is 0 Å². The summed E-state index contributed by atoms with van der Waals surface area (Å²) in [4.78, 5) is 17.5. The summed E-state index contributed by atoms with van der Waals surface area (Å²) in [6, 6.07) is 5.79. The van der Waals surface area contributed by atoms with Crippen molar-refractivity contribution in [2.24, 2.45) is 0 Å². The number of hydrogen-bond donors (Lipinski definition) is 0. The van der Waals surface area contributed by atoms with Crippen molar-refractivity contribution in [1.29, 1.82) is 0 Å². The van der Waals surface area contributed by atoms with Crippen LogP contribution in [0.5, 0.6) is 0 Å². The second-order valence-corrected chi connectivity index (χ2v) is 3.61. The Kier molecular flexibility index (Phi) is 5.50. The minimum absolute atomic E-state index is 0.204. The normalized spacial score (nSPS) is 10.4. The van der Waals surface area contributed by atoms with Crippen LogP contribution in [-0.4, -0.2) is 36.1 Å². The maximum atomic E-state index is 11.2. The van der Waals surface area contributed by atoms with Crippen molar-refractivity contribution in [1.82, 2.24) is 9.88 Å². The lowest BCUT2D eigenvalue weighted by molar-refractivity contribution is -0.142. The fourth-order valence-electron chi connectivity index (χ4n) is 1.50. The Morgan fingerprint density at radius 3 is 2.88 bits per heavy atom. The highest BCUT2D eigenvalue weighted by atomic mass is 16.5. The van der Waals surface area contributed by atoms with E-state index < -0.39 is 0 Å². The number of ether oxygens (including phenoxy) is 1. The number of esters is 1. The maximum Gasteiger partial charge on any atom is 0.319 e. The minimum Gasteiger partial charge on any atom is -0.468 e. The van der Waals surface area contributed by atoms with Crippen LogP contribution in [0.15, 0.2) is 24.4 Å². The molecule has 0 radical (unpaired) electrons. The molecule has 0 amide bonds. The zero-order valence-corrected chi connectivity index (χ0v) is 9.85. The summed E-state index contributed by atoms with van der Waals surface area (Å²) in [5.74, 6) is -0.204. The molecule has 0 aliphatic rings. The molecule has 88 valence electrons. The van der Waals surface area contributed by atoms with Gasteiger partial charge in [-0.1, -0.05) is 13.0 Å². The molecule has 1 rings (SSSR count). The van der Waals surface area contributed by atoms with Crippen molar-refractivity contribution >= 4 is 5.97 Å². The second kappa shape index (κ2) is 6.95. The average molecular weight is 222 g/mol. The van der Waals surface area contributed by atoms with E-state index in [1.165, 1.54) is 7.11 Å². The fraction of sp³-hybridized carbons (Fsp3) is 0.500. The zero-order chi connectivity index (χ0) is 11.8. The smallest absolute Gasteiger partial charge is 0.319 e. The van der Waals surface area contributed by atoms with Gasteiger partial charge in [-0.3, -0.25) is 14.7 Å². The van der Waals surface area contributed by atoms with Crippen molar-refractivity contribution in [2.45, 2.75) is 19.9 Å². The van der Waals surface area contributed by atoms with Gasteiger partial charge in [-0.05, 0) is 25.1 Å². The first-order valence-electron chi connectivity index (χ1n) is 5.45. The van der Waals surface area contributed by atoms with Gasteiger partial charge in [0.2, 0.25) is 0 Å². The first kappa shape index (κ1) is 12.6. The summed E-state index contributed by atoms with van der Waals surface area (Å²) >= 11 is 0. The van der Waals surface area contributed by atoms with Gasteiger partial charge >= 0.3 is 5.97 Å². The molecule has 0 spiro atoms. The monoisotopic (exact) mass is 222 g/mol. The molecule has 0 aliphatic heterocycles. The largest absolute Gasteiger partial charge is 0.468 e. The summed E-state index contributed by atoms with van der Waals surface area (Å²) in [7, 11) is 1.41. The Hall–Kier alpha value is -1.42. The van der Waals surface area contributed by atoms with E-state index in [4.69, 9.17) is 0 Å². The number of carbonyl (C=O) groups excluding carboxylic acids is 1. The van der Waals surface area contributed by atoms with E-state index in [0.29, 0.717) is 13.1 Å². The summed E-state index contributed by atoms with van der Waals surface area (Å²) < 4.78 is 4.66. The lowest BCUT2D eigenvalue weighted by atomic mass is 10.3. The first-order valence-corrected chi connectivity index (χ1v) is 5.45. The lowest BCUT2D eigenvalue weighted by Crippen LogP contribution is -2.31. The van der Waals surface area contributed by atoms with Gasteiger partial charge in [0.25, 0.3) is 0 Å². The van der Waals surface area contributed by atoms with Gasteiger partial charge in [-0.2, -0.15) is 0 Å². The molecule has 0 atom stereocenters. The predicted octanol–water partition coefficient (Wildman–Crippen LogP) is 1.47. The van der Waals surface area contributed by atoms with Crippen molar-refractivity contribution in [3.63, 3.8) is 0 Å². The molecule has 16 heavy (non-hydrogen) atoms. The van der Waals surface area contributed by atoms with Crippen molar-refractivity contribution in [3.8, 4) is 0 Å². The molecule has 1 aromatic heterocycles. The maximum absolute atomic E-state index is 11.2. The Bertz CT molecular complexity index is 314. The zero-order valence-electron chi connectivity index (χ0n) is 9.85. The fourth-order valence-corrected chi connectivity index (χ4v) is 1.50. The van der Waals surface area contributed by atoms with Gasteiger partial charge in [0, 0.05) is 12.7 Å².